The van der Waals surface area contributed by atoms with E-state index in [0.717, 1.165) is 0 Å². The zero-order chi connectivity index (χ0) is 13.6. The van der Waals surface area contributed by atoms with Gasteiger partial charge in [0.15, 0.2) is 0 Å². The fourth-order valence-corrected chi connectivity index (χ4v) is 2.18. The summed E-state index contributed by atoms with van der Waals surface area (Å²) in [6.07, 6.45) is 0. The number of halogens is 1. The minimum Gasteiger partial charge on any atom is -0.422 e. The molecule has 5 nitrogen and oxygen atoms in total. The molecule has 94 valence electrons. The highest BCUT2D eigenvalue weighted by atomic mass is 35.5. The summed E-state index contributed by atoms with van der Waals surface area (Å²) >= 11 is 5.91. The molecular formula is C13H6ClNO4. The summed E-state index contributed by atoms with van der Waals surface area (Å²) in [5.41, 5.74) is -0.356. The van der Waals surface area contributed by atoms with Gasteiger partial charge in [0.05, 0.1) is 10.3 Å². The summed E-state index contributed by atoms with van der Waals surface area (Å²) in [7, 11) is 0. The summed E-state index contributed by atoms with van der Waals surface area (Å²) in [6.45, 7) is 0. The van der Waals surface area contributed by atoms with Crippen LogP contribution in [0.4, 0.5) is 5.69 Å². The Morgan fingerprint density at radius 3 is 2.58 bits per heavy atom. The van der Waals surface area contributed by atoms with Crippen LogP contribution in [-0.2, 0) is 0 Å². The van der Waals surface area contributed by atoms with Crippen molar-refractivity contribution in [1.29, 1.82) is 0 Å². The van der Waals surface area contributed by atoms with Gasteiger partial charge in [0.2, 0.25) is 0 Å². The van der Waals surface area contributed by atoms with Crippen molar-refractivity contribution >= 4 is 39.0 Å². The highest BCUT2D eigenvalue weighted by molar-refractivity contribution is 6.31. The topological polar surface area (TPSA) is 73.3 Å². The first-order valence-electron chi connectivity index (χ1n) is 5.37. The van der Waals surface area contributed by atoms with E-state index in [1.54, 1.807) is 18.2 Å². The predicted molar refractivity (Wildman–Crippen MR) is 71.7 cm³/mol. The molecule has 2 aromatic carbocycles. The van der Waals surface area contributed by atoms with Crippen LogP contribution in [0.25, 0.3) is 21.7 Å². The second-order valence-electron chi connectivity index (χ2n) is 4.02. The van der Waals surface area contributed by atoms with Crippen LogP contribution in [0.2, 0.25) is 5.02 Å². The van der Waals surface area contributed by atoms with Crippen LogP contribution < -0.4 is 5.63 Å². The fraction of sp³-hybridized carbons (Fsp3) is 0. The van der Waals surface area contributed by atoms with Gasteiger partial charge < -0.3 is 4.42 Å². The largest absolute Gasteiger partial charge is 0.422 e. The molecule has 19 heavy (non-hydrogen) atoms. The fourth-order valence-electron chi connectivity index (χ4n) is 2.01. The van der Waals surface area contributed by atoms with Crippen LogP contribution in [-0.4, -0.2) is 4.92 Å². The maximum atomic E-state index is 11.8. The molecule has 0 aliphatic rings. The number of hydrogen-bond donors (Lipinski definition) is 0. The Morgan fingerprint density at radius 1 is 1.05 bits per heavy atom. The first-order chi connectivity index (χ1) is 9.06. The first-order valence-corrected chi connectivity index (χ1v) is 5.74. The quantitative estimate of drug-likeness (QED) is 0.295. The molecule has 0 aliphatic carbocycles. The standard InChI is InChI=1S/C13H6ClNO4/c14-7-1-4-12-10(5-7)9-3-2-8(15(17)18)6-11(9)13(16)19-12/h1-6H. The zero-order valence-electron chi connectivity index (χ0n) is 9.42. The molecule has 6 heteroatoms. The maximum absolute atomic E-state index is 11.8. The Labute approximate surface area is 111 Å². The molecule has 1 heterocycles. The number of nitrogens with zero attached hydrogens (tertiary/aromatic N) is 1. The molecule has 0 saturated heterocycles. The van der Waals surface area contributed by atoms with E-state index >= 15 is 0 Å². The number of nitro benzene ring substituents is 1. The minimum atomic E-state index is -0.603. The SMILES string of the molecule is O=c1oc2ccc(Cl)cc2c2ccc([N+](=O)[O-])cc12. The van der Waals surface area contributed by atoms with Crippen LogP contribution in [0.5, 0.6) is 0 Å². The molecule has 0 atom stereocenters. The average molecular weight is 276 g/mol. The van der Waals surface area contributed by atoms with E-state index in [2.05, 4.69) is 0 Å². The average Bonchev–Trinajstić information content (AvgIpc) is 2.39. The third-order valence-corrected chi connectivity index (χ3v) is 3.10. The zero-order valence-corrected chi connectivity index (χ0v) is 10.2. The van der Waals surface area contributed by atoms with Crippen LogP contribution in [0.1, 0.15) is 0 Å². The van der Waals surface area contributed by atoms with Gasteiger partial charge in [-0.2, -0.15) is 0 Å². The Morgan fingerprint density at radius 2 is 1.84 bits per heavy atom. The van der Waals surface area contributed by atoms with E-state index in [1.165, 1.54) is 18.2 Å². The molecule has 0 amide bonds. The molecule has 1 aromatic heterocycles. The van der Waals surface area contributed by atoms with Crippen molar-refractivity contribution in [2.75, 3.05) is 0 Å². The van der Waals surface area contributed by atoms with Crippen LogP contribution >= 0.6 is 11.6 Å². The molecular weight excluding hydrogens is 270 g/mol. The molecule has 3 aromatic rings. The van der Waals surface area contributed by atoms with E-state index in [9.17, 15) is 14.9 Å². The van der Waals surface area contributed by atoms with Gasteiger partial charge in [0, 0.05) is 27.9 Å². The Kier molecular flexibility index (Phi) is 2.50. The second-order valence-corrected chi connectivity index (χ2v) is 4.45. The van der Waals surface area contributed by atoms with Crippen LogP contribution in [0, 0.1) is 10.1 Å². The number of nitro groups is 1. The molecule has 0 spiro atoms. The monoisotopic (exact) mass is 275 g/mol. The van der Waals surface area contributed by atoms with Gasteiger partial charge in [-0.1, -0.05) is 11.6 Å². The molecule has 0 saturated carbocycles. The van der Waals surface area contributed by atoms with Crippen molar-refractivity contribution in [3.8, 4) is 0 Å². The van der Waals surface area contributed by atoms with Crippen molar-refractivity contribution in [2.45, 2.75) is 0 Å². The van der Waals surface area contributed by atoms with Crippen molar-refractivity contribution in [3.05, 3.63) is 62.0 Å². The van der Waals surface area contributed by atoms with Crippen LogP contribution in [0.15, 0.2) is 45.6 Å². The highest BCUT2D eigenvalue weighted by Crippen LogP contribution is 2.27. The second kappa shape index (κ2) is 4.07. The lowest BCUT2D eigenvalue weighted by molar-refractivity contribution is -0.384. The Bertz CT molecular complexity index is 885. The predicted octanol–water partition coefficient (Wildman–Crippen LogP) is 3.51. The van der Waals surface area contributed by atoms with E-state index in [4.69, 9.17) is 16.0 Å². The van der Waals surface area contributed by atoms with Gasteiger partial charge in [-0.05, 0) is 24.3 Å². The highest BCUT2D eigenvalue weighted by Gasteiger charge is 2.12. The number of hydrogen-bond acceptors (Lipinski definition) is 4. The third kappa shape index (κ3) is 1.84. The summed E-state index contributed by atoms with van der Waals surface area (Å²) in [5, 5.41) is 12.6. The van der Waals surface area contributed by atoms with E-state index in [-0.39, 0.29) is 11.1 Å². The van der Waals surface area contributed by atoms with Gasteiger partial charge >= 0.3 is 5.63 Å². The molecule has 3 rings (SSSR count). The van der Waals surface area contributed by atoms with Crippen molar-refractivity contribution in [3.63, 3.8) is 0 Å². The summed E-state index contributed by atoms with van der Waals surface area (Å²) in [5.74, 6) is 0. The van der Waals surface area contributed by atoms with Gasteiger partial charge in [-0.25, -0.2) is 4.79 Å². The number of benzene rings is 2. The van der Waals surface area contributed by atoms with E-state index in [0.29, 0.717) is 21.4 Å². The van der Waals surface area contributed by atoms with Crippen molar-refractivity contribution < 1.29 is 9.34 Å². The summed E-state index contributed by atoms with van der Waals surface area (Å²) in [6, 6.07) is 8.96. The minimum absolute atomic E-state index is 0.152. The summed E-state index contributed by atoms with van der Waals surface area (Å²) in [4.78, 5) is 22.0. The van der Waals surface area contributed by atoms with Gasteiger partial charge in [-0.15, -0.1) is 0 Å². The smallest absolute Gasteiger partial charge is 0.344 e. The molecule has 0 radical (unpaired) electrons. The Balaban J connectivity index is 2.51. The van der Waals surface area contributed by atoms with Crippen LogP contribution in [0.3, 0.4) is 0 Å². The molecule has 0 unspecified atom stereocenters. The number of fused-ring (bicyclic) bond motifs is 3. The number of non-ortho nitro benzene ring substituents is 1. The lowest BCUT2D eigenvalue weighted by Gasteiger charge is -2.02. The van der Waals surface area contributed by atoms with Crippen molar-refractivity contribution in [1.82, 2.24) is 0 Å². The first kappa shape index (κ1) is 11.7. The number of rotatable bonds is 1. The molecule has 0 bridgehead atoms. The Hall–Kier alpha value is -2.40. The van der Waals surface area contributed by atoms with E-state index < -0.39 is 10.5 Å². The van der Waals surface area contributed by atoms with Gasteiger partial charge in [-0.3, -0.25) is 10.1 Å². The van der Waals surface area contributed by atoms with Gasteiger partial charge in [0.25, 0.3) is 5.69 Å². The van der Waals surface area contributed by atoms with Crippen molar-refractivity contribution in [2.24, 2.45) is 0 Å². The maximum Gasteiger partial charge on any atom is 0.344 e. The summed E-state index contributed by atoms with van der Waals surface area (Å²) < 4.78 is 5.13. The van der Waals surface area contributed by atoms with E-state index in [1.807, 2.05) is 0 Å². The molecule has 0 fully saturated rings. The normalized spacial score (nSPS) is 11.0. The van der Waals surface area contributed by atoms with Gasteiger partial charge in [0.1, 0.15) is 5.58 Å². The third-order valence-electron chi connectivity index (χ3n) is 2.87. The lowest BCUT2D eigenvalue weighted by Crippen LogP contribution is -2.00. The molecule has 0 N–H and O–H groups in total. The molecule has 0 aliphatic heterocycles. The lowest BCUT2D eigenvalue weighted by atomic mass is 10.1.